The number of aryl methyl sites for hydroxylation is 1. The van der Waals surface area contributed by atoms with Crippen molar-refractivity contribution in [1.29, 1.82) is 0 Å². The van der Waals surface area contributed by atoms with Gasteiger partial charge in [-0.3, -0.25) is 9.03 Å². The third kappa shape index (κ3) is 3.91. The van der Waals surface area contributed by atoms with Gasteiger partial charge < -0.3 is 0 Å². The fourth-order valence-electron chi connectivity index (χ4n) is 2.97. The molecule has 10 heteroatoms. The van der Waals surface area contributed by atoms with Crippen LogP contribution in [-0.2, 0) is 26.5 Å². The lowest BCUT2D eigenvalue weighted by atomic mass is 10.0. The van der Waals surface area contributed by atoms with E-state index in [2.05, 4.69) is 4.72 Å². The number of sulfonamides is 2. The Kier molecular flexibility index (Phi) is 5.13. The summed E-state index contributed by atoms with van der Waals surface area (Å²) < 4.78 is 79.6. The van der Waals surface area contributed by atoms with E-state index in [4.69, 9.17) is 0 Å². The largest absolute Gasteiger partial charge is 0.280 e. The first-order valence-electron chi connectivity index (χ1n) is 8.25. The van der Waals surface area contributed by atoms with E-state index in [1.54, 1.807) is 6.92 Å². The van der Waals surface area contributed by atoms with E-state index in [1.165, 1.54) is 22.5 Å². The zero-order valence-corrected chi connectivity index (χ0v) is 16.1. The molecule has 0 unspecified atom stereocenters. The Morgan fingerprint density at radius 3 is 2.48 bits per heavy atom. The first-order valence-corrected chi connectivity index (χ1v) is 11.3. The van der Waals surface area contributed by atoms with Gasteiger partial charge >= 0.3 is 0 Å². The summed E-state index contributed by atoms with van der Waals surface area (Å²) in [5.41, 5.74) is 1.37. The number of rotatable bonds is 5. The summed E-state index contributed by atoms with van der Waals surface area (Å²) in [4.78, 5) is -0.670. The molecule has 0 aromatic heterocycles. The van der Waals surface area contributed by atoms with Crippen LogP contribution in [0.3, 0.4) is 0 Å². The van der Waals surface area contributed by atoms with Crippen molar-refractivity contribution in [2.24, 2.45) is 0 Å². The average molecular weight is 416 g/mol. The van der Waals surface area contributed by atoms with Gasteiger partial charge in [0, 0.05) is 18.3 Å². The molecule has 27 heavy (non-hydrogen) atoms. The summed E-state index contributed by atoms with van der Waals surface area (Å²) in [7, 11) is -7.68. The Balaban J connectivity index is 1.94. The second-order valence-electron chi connectivity index (χ2n) is 6.10. The monoisotopic (exact) mass is 416 g/mol. The highest BCUT2D eigenvalue weighted by molar-refractivity contribution is 7.93. The predicted molar refractivity (Wildman–Crippen MR) is 98.7 cm³/mol. The van der Waals surface area contributed by atoms with Crippen LogP contribution in [0.25, 0.3) is 0 Å². The fourth-order valence-corrected chi connectivity index (χ4v) is 5.28. The van der Waals surface area contributed by atoms with Gasteiger partial charge in [0.25, 0.3) is 10.0 Å². The lowest BCUT2D eigenvalue weighted by Crippen LogP contribution is -2.36. The van der Waals surface area contributed by atoms with Crippen LogP contribution in [0.4, 0.5) is 20.2 Å². The minimum Gasteiger partial charge on any atom is -0.280 e. The maximum absolute atomic E-state index is 13.8. The maximum Gasteiger partial charge on any atom is 0.264 e. The molecule has 2 aromatic carbocycles. The normalized spacial score (nSPS) is 14.7. The molecule has 0 bridgehead atoms. The number of anilines is 2. The summed E-state index contributed by atoms with van der Waals surface area (Å²) in [6.07, 6.45) is 1.20. The highest BCUT2D eigenvalue weighted by atomic mass is 32.2. The predicted octanol–water partition coefficient (Wildman–Crippen LogP) is 2.87. The van der Waals surface area contributed by atoms with Crippen molar-refractivity contribution in [2.75, 3.05) is 21.3 Å². The highest BCUT2D eigenvalue weighted by Gasteiger charge is 2.27. The van der Waals surface area contributed by atoms with E-state index in [0.29, 0.717) is 36.7 Å². The van der Waals surface area contributed by atoms with E-state index in [9.17, 15) is 25.6 Å². The number of hydrogen-bond donors (Lipinski definition) is 1. The first-order chi connectivity index (χ1) is 12.6. The summed E-state index contributed by atoms with van der Waals surface area (Å²) in [6.45, 7) is 1.93. The molecule has 6 nitrogen and oxygen atoms in total. The highest BCUT2D eigenvalue weighted by Crippen LogP contribution is 2.32. The molecule has 0 radical (unpaired) electrons. The summed E-state index contributed by atoms with van der Waals surface area (Å²) >= 11 is 0. The molecule has 1 aliphatic heterocycles. The Morgan fingerprint density at radius 1 is 1.07 bits per heavy atom. The molecule has 0 spiro atoms. The van der Waals surface area contributed by atoms with E-state index in [1.807, 2.05) is 0 Å². The Hall–Kier alpha value is -2.20. The van der Waals surface area contributed by atoms with Gasteiger partial charge in [-0.15, -0.1) is 0 Å². The molecule has 3 rings (SSSR count). The molecule has 0 fully saturated rings. The molecule has 2 aromatic rings. The van der Waals surface area contributed by atoms with Crippen molar-refractivity contribution in [1.82, 2.24) is 0 Å². The van der Waals surface area contributed by atoms with Gasteiger partial charge in [0.2, 0.25) is 10.0 Å². The number of fused-ring (bicyclic) bond motifs is 1. The SMILES string of the molecule is CCS(=O)(=O)N1CCCc2cc(NS(=O)(=O)c3ccc(F)cc3F)ccc21. The number of nitrogens with one attached hydrogen (secondary N) is 1. The molecule has 0 amide bonds. The van der Waals surface area contributed by atoms with Gasteiger partial charge in [-0.05, 0) is 55.7 Å². The van der Waals surface area contributed by atoms with E-state index >= 15 is 0 Å². The van der Waals surface area contributed by atoms with Gasteiger partial charge in [0.05, 0.1) is 11.4 Å². The third-order valence-electron chi connectivity index (χ3n) is 4.29. The summed E-state index contributed by atoms with van der Waals surface area (Å²) in [5, 5.41) is 0. The maximum atomic E-state index is 13.8. The first kappa shape index (κ1) is 19.6. The van der Waals surface area contributed by atoms with Crippen LogP contribution >= 0.6 is 0 Å². The average Bonchev–Trinajstić information content (AvgIpc) is 2.60. The standard InChI is InChI=1S/C17H18F2N2O4S2/c1-2-26(22,23)21-9-3-4-12-10-14(6-7-16(12)21)20-27(24,25)17-8-5-13(18)11-15(17)19/h5-8,10-11,20H,2-4,9H2,1H3. The van der Waals surface area contributed by atoms with Crippen LogP contribution < -0.4 is 9.03 Å². The van der Waals surface area contributed by atoms with Gasteiger partial charge in [-0.2, -0.15) is 0 Å². The van der Waals surface area contributed by atoms with Crippen molar-refractivity contribution in [2.45, 2.75) is 24.7 Å². The van der Waals surface area contributed by atoms with Crippen LogP contribution in [0, 0.1) is 11.6 Å². The molecule has 0 saturated heterocycles. The van der Waals surface area contributed by atoms with Gasteiger partial charge in [-0.25, -0.2) is 25.6 Å². The second kappa shape index (κ2) is 7.08. The molecule has 1 heterocycles. The van der Waals surface area contributed by atoms with Gasteiger partial charge in [0.15, 0.2) is 0 Å². The third-order valence-corrected chi connectivity index (χ3v) is 7.49. The minimum absolute atomic E-state index is 0.0370. The van der Waals surface area contributed by atoms with E-state index < -0.39 is 36.6 Å². The lowest BCUT2D eigenvalue weighted by molar-refractivity contribution is 0.551. The number of halogens is 2. The molecular weight excluding hydrogens is 398 g/mol. The Bertz CT molecular complexity index is 1090. The van der Waals surface area contributed by atoms with Crippen LogP contribution in [0.15, 0.2) is 41.3 Å². The Morgan fingerprint density at radius 2 is 1.81 bits per heavy atom. The zero-order chi connectivity index (χ0) is 19.8. The summed E-state index contributed by atoms with van der Waals surface area (Å²) in [5.74, 6) is -2.11. The summed E-state index contributed by atoms with van der Waals surface area (Å²) in [6, 6.07) is 6.68. The van der Waals surface area contributed by atoms with E-state index in [-0.39, 0.29) is 11.4 Å². The topological polar surface area (TPSA) is 83.6 Å². The quantitative estimate of drug-likeness (QED) is 0.812. The number of benzene rings is 2. The molecule has 0 saturated carbocycles. The zero-order valence-electron chi connectivity index (χ0n) is 14.4. The lowest BCUT2D eigenvalue weighted by Gasteiger charge is -2.30. The molecular formula is C17H18F2N2O4S2. The van der Waals surface area contributed by atoms with Crippen molar-refractivity contribution in [3.63, 3.8) is 0 Å². The van der Waals surface area contributed by atoms with Crippen LogP contribution in [0.5, 0.6) is 0 Å². The molecule has 146 valence electrons. The van der Waals surface area contributed by atoms with Crippen molar-refractivity contribution >= 4 is 31.4 Å². The second-order valence-corrected chi connectivity index (χ2v) is 9.93. The smallest absolute Gasteiger partial charge is 0.264 e. The number of hydrogen-bond acceptors (Lipinski definition) is 4. The fraction of sp³-hybridized carbons (Fsp3) is 0.294. The molecule has 1 aliphatic rings. The van der Waals surface area contributed by atoms with Crippen LogP contribution in [-0.4, -0.2) is 29.1 Å². The van der Waals surface area contributed by atoms with Crippen LogP contribution in [0.1, 0.15) is 18.9 Å². The molecule has 0 aliphatic carbocycles. The van der Waals surface area contributed by atoms with Crippen LogP contribution in [0.2, 0.25) is 0 Å². The Labute approximate surface area is 156 Å². The molecule has 1 N–H and O–H groups in total. The van der Waals surface area contributed by atoms with E-state index in [0.717, 1.165) is 12.1 Å². The van der Waals surface area contributed by atoms with Gasteiger partial charge in [-0.1, -0.05) is 0 Å². The van der Waals surface area contributed by atoms with Crippen molar-refractivity contribution in [3.8, 4) is 0 Å². The van der Waals surface area contributed by atoms with Gasteiger partial charge in [0.1, 0.15) is 16.5 Å². The molecule has 0 atom stereocenters. The minimum atomic E-state index is -4.26. The number of nitrogens with zero attached hydrogens (tertiary/aromatic N) is 1. The van der Waals surface area contributed by atoms with Crippen molar-refractivity contribution in [3.05, 3.63) is 53.6 Å². The van der Waals surface area contributed by atoms with Crippen molar-refractivity contribution < 1.29 is 25.6 Å².